The number of carbonyl (C=O) groups is 1. The number of rotatable bonds is 6. The van der Waals surface area contributed by atoms with Gasteiger partial charge in [0.15, 0.2) is 0 Å². The first-order valence-corrected chi connectivity index (χ1v) is 10.6. The molecule has 4 aromatic rings. The quantitative estimate of drug-likeness (QED) is 0.333. The third-order valence-electron chi connectivity index (χ3n) is 5.67. The van der Waals surface area contributed by atoms with E-state index in [1.165, 1.54) is 17.2 Å². The number of amides is 1. The van der Waals surface area contributed by atoms with Crippen LogP contribution in [-0.2, 0) is 17.4 Å². The largest absolute Gasteiger partial charge is 0.416 e. The van der Waals surface area contributed by atoms with Crippen molar-refractivity contribution in [2.45, 2.75) is 12.6 Å². The van der Waals surface area contributed by atoms with Crippen LogP contribution < -0.4 is 9.80 Å². The second-order valence-electron chi connectivity index (χ2n) is 7.92. The second kappa shape index (κ2) is 9.43. The Morgan fingerprint density at radius 2 is 1.77 bits per heavy atom. The molecule has 0 unspecified atom stereocenters. The average Bonchev–Trinajstić information content (AvgIpc) is 2.87. The van der Waals surface area contributed by atoms with Gasteiger partial charge in [0, 0.05) is 36.9 Å². The van der Waals surface area contributed by atoms with Crippen LogP contribution in [0, 0.1) is 11.3 Å². The van der Waals surface area contributed by atoms with Gasteiger partial charge in [0.1, 0.15) is 0 Å². The number of hydrogen-bond acceptors (Lipinski definition) is 5. The molecule has 0 aliphatic heterocycles. The molecule has 9 heteroatoms. The van der Waals surface area contributed by atoms with E-state index in [2.05, 4.69) is 16.0 Å². The summed E-state index contributed by atoms with van der Waals surface area (Å²) < 4.78 is 40.1. The molecule has 0 N–H and O–H groups in total. The Balaban J connectivity index is 1.90. The van der Waals surface area contributed by atoms with Gasteiger partial charge in [-0.1, -0.05) is 18.2 Å². The van der Waals surface area contributed by atoms with Crippen LogP contribution in [-0.4, -0.2) is 30.5 Å². The number of alkyl halides is 3. The SMILES string of the molecule is CN(C=O)c1cnc2ccc(-c3ccc(CC#N)nc3)cc2c1N(C)c1cccc(C(F)(F)F)c1. The van der Waals surface area contributed by atoms with Crippen molar-refractivity contribution < 1.29 is 18.0 Å². The Bertz CT molecular complexity index is 1430. The summed E-state index contributed by atoms with van der Waals surface area (Å²) in [6.45, 7) is 0. The Labute approximate surface area is 199 Å². The van der Waals surface area contributed by atoms with Crippen molar-refractivity contribution in [3.63, 3.8) is 0 Å². The smallest absolute Gasteiger partial charge is 0.342 e. The molecule has 176 valence electrons. The van der Waals surface area contributed by atoms with Gasteiger partial charge in [0.2, 0.25) is 6.41 Å². The highest BCUT2D eigenvalue weighted by Gasteiger charge is 2.31. The molecule has 0 atom stereocenters. The lowest BCUT2D eigenvalue weighted by Crippen LogP contribution is -2.20. The normalized spacial score (nSPS) is 11.2. The van der Waals surface area contributed by atoms with E-state index in [1.54, 1.807) is 37.3 Å². The van der Waals surface area contributed by atoms with Crippen LogP contribution in [0.2, 0.25) is 0 Å². The first kappa shape index (κ1) is 23.7. The number of pyridine rings is 2. The van der Waals surface area contributed by atoms with Crippen molar-refractivity contribution in [3.8, 4) is 17.2 Å². The fraction of sp³-hybridized carbons (Fsp3) is 0.154. The molecule has 2 aromatic carbocycles. The van der Waals surface area contributed by atoms with Gasteiger partial charge in [-0.2, -0.15) is 18.4 Å². The monoisotopic (exact) mass is 475 g/mol. The molecule has 0 spiro atoms. The van der Waals surface area contributed by atoms with E-state index >= 15 is 0 Å². The zero-order valence-electron chi connectivity index (χ0n) is 18.9. The molecule has 0 bridgehead atoms. The average molecular weight is 475 g/mol. The van der Waals surface area contributed by atoms with Crippen molar-refractivity contribution in [2.24, 2.45) is 0 Å². The fourth-order valence-corrected chi connectivity index (χ4v) is 3.82. The lowest BCUT2D eigenvalue weighted by atomic mass is 10.0. The van der Waals surface area contributed by atoms with Gasteiger partial charge in [0.25, 0.3) is 0 Å². The maximum Gasteiger partial charge on any atom is 0.416 e. The highest BCUT2D eigenvalue weighted by molar-refractivity contribution is 6.04. The number of halogens is 3. The third kappa shape index (κ3) is 4.77. The van der Waals surface area contributed by atoms with E-state index in [1.807, 2.05) is 24.3 Å². The van der Waals surface area contributed by atoms with E-state index in [-0.39, 0.29) is 6.42 Å². The summed E-state index contributed by atoms with van der Waals surface area (Å²) >= 11 is 0. The number of hydrogen-bond donors (Lipinski definition) is 0. The summed E-state index contributed by atoms with van der Waals surface area (Å²) in [4.78, 5) is 23.3. The molecular formula is C26H20F3N5O. The van der Waals surface area contributed by atoms with Crippen LogP contribution >= 0.6 is 0 Å². The predicted octanol–water partition coefficient (Wildman–Crippen LogP) is 5.74. The minimum atomic E-state index is -4.49. The van der Waals surface area contributed by atoms with Crippen molar-refractivity contribution in [1.82, 2.24) is 9.97 Å². The predicted molar refractivity (Wildman–Crippen MR) is 128 cm³/mol. The summed E-state index contributed by atoms with van der Waals surface area (Å²) in [7, 11) is 3.21. The molecule has 4 rings (SSSR count). The van der Waals surface area contributed by atoms with Gasteiger partial charge in [-0.3, -0.25) is 14.8 Å². The van der Waals surface area contributed by atoms with Crippen molar-refractivity contribution in [2.75, 3.05) is 23.9 Å². The summed E-state index contributed by atoms with van der Waals surface area (Å²) in [5, 5.41) is 9.51. The van der Waals surface area contributed by atoms with Crippen LogP contribution in [0.3, 0.4) is 0 Å². The molecule has 1 amide bonds. The number of carbonyl (C=O) groups excluding carboxylic acids is 1. The molecular weight excluding hydrogens is 455 g/mol. The maximum atomic E-state index is 13.4. The van der Waals surface area contributed by atoms with Crippen LogP contribution in [0.4, 0.5) is 30.2 Å². The molecule has 2 aromatic heterocycles. The van der Waals surface area contributed by atoms with Gasteiger partial charge in [0.05, 0.1) is 46.8 Å². The van der Waals surface area contributed by atoms with E-state index in [0.717, 1.165) is 23.3 Å². The molecule has 0 radical (unpaired) electrons. The minimum Gasteiger partial charge on any atom is -0.342 e. The van der Waals surface area contributed by atoms with Gasteiger partial charge in [-0.05, 0) is 42.0 Å². The number of anilines is 3. The Hall–Kier alpha value is -4.45. The highest BCUT2D eigenvalue weighted by Crippen LogP contribution is 2.41. The van der Waals surface area contributed by atoms with E-state index in [0.29, 0.717) is 40.1 Å². The van der Waals surface area contributed by atoms with Crippen LogP contribution in [0.5, 0.6) is 0 Å². The number of benzene rings is 2. The Morgan fingerprint density at radius 1 is 1.00 bits per heavy atom. The molecule has 0 fully saturated rings. The Kier molecular flexibility index (Phi) is 6.38. The van der Waals surface area contributed by atoms with Gasteiger partial charge >= 0.3 is 6.18 Å². The van der Waals surface area contributed by atoms with E-state index in [9.17, 15) is 18.0 Å². The third-order valence-corrected chi connectivity index (χ3v) is 5.67. The van der Waals surface area contributed by atoms with Crippen molar-refractivity contribution in [3.05, 3.63) is 78.2 Å². The lowest BCUT2D eigenvalue weighted by Gasteiger charge is -2.27. The van der Waals surface area contributed by atoms with Crippen molar-refractivity contribution in [1.29, 1.82) is 5.26 Å². The van der Waals surface area contributed by atoms with Crippen molar-refractivity contribution >= 4 is 34.4 Å². The van der Waals surface area contributed by atoms with Crippen LogP contribution in [0.15, 0.2) is 67.0 Å². The second-order valence-corrected chi connectivity index (χ2v) is 7.92. The molecule has 0 aliphatic carbocycles. The molecule has 0 saturated carbocycles. The number of nitriles is 1. The summed E-state index contributed by atoms with van der Waals surface area (Å²) in [5.74, 6) is 0. The van der Waals surface area contributed by atoms with Crippen LogP contribution in [0.25, 0.3) is 22.0 Å². The van der Waals surface area contributed by atoms with E-state index < -0.39 is 11.7 Å². The van der Waals surface area contributed by atoms with Gasteiger partial charge < -0.3 is 9.80 Å². The zero-order valence-corrected chi connectivity index (χ0v) is 18.9. The molecule has 0 saturated heterocycles. The first-order chi connectivity index (χ1) is 16.7. The zero-order chi connectivity index (χ0) is 25.2. The van der Waals surface area contributed by atoms with E-state index in [4.69, 9.17) is 5.26 Å². The summed E-state index contributed by atoms with van der Waals surface area (Å²) in [6, 6.07) is 16.2. The highest BCUT2D eigenvalue weighted by atomic mass is 19.4. The summed E-state index contributed by atoms with van der Waals surface area (Å²) in [6.07, 6.45) is -0.479. The molecule has 0 aliphatic rings. The maximum absolute atomic E-state index is 13.4. The number of nitrogens with zero attached hydrogens (tertiary/aromatic N) is 5. The number of fused-ring (bicyclic) bond motifs is 1. The molecule has 6 nitrogen and oxygen atoms in total. The molecule has 35 heavy (non-hydrogen) atoms. The standard InChI is InChI=1S/C26H20F3N5O/c1-33(16-35)24-15-32-23-9-7-17(18-6-8-20(10-11-30)31-14-18)12-22(23)25(24)34(2)21-5-3-4-19(13-21)26(27,28)29/h3-9,12-16H,10H2,1-2H3. The molecule has 2 heterocycles. The van der Waals surface area contributed by atoms with Gasteiger partial charge in [-0.25, -0.2) is 0 Å². The summed E-state index contributed by atoms with van der Waals surface area (Å²) in [5.41, 5.74) is 3.37. The lowest BCUT2D eigenvalue weighted by molar-refractivity contribution is -0.137. The van der Waals surface area contributed by atoms with Crippen LogP contribution in [0.1, 0.15) is 11.3 Å². The fourth-order valence-electron chi connectivity index (χ4n) is 3.82. The topological polar surface area (TPSA) is 73.1 Å². The van der Waals surface area contributed by atoms with Gasteiger partial charge in [-0.15, -0.1) is 0 Å². The Morgan fingerprint density at radius 3 is 2.43 bits per heavy atom. The number of aromatic nitrogens is 2. The minimum absolute atomic E-state index is 0.204. The first-order valence-electron chi connectivity index (χ1n) is 10.6.